The zero-order valence-corrected chi connectivity index (χ0v) is 11.7. The van der Waals surface area contributed by atoms with Gasteiger partial charge in [0.15, 0.2) is 0 Å². The Morgan fingerprint density at radius 1 is 1.23 bits per heavy atom. The molecule has 110 valence electrons. The smallest absolute Gasteiger partial charge is 0.266 e. The van der Waals surface area contributed by atoms with Crippen LogP contribution in [0.1, 0.15) is 0 Å². The van der Waals surface area contributed by atoms with Crippen LogP contribution < -0.4 is 11.3 Å². The molecule has 2 aromatic heterocycles. The molecule has 0 aliphatic heterocycles. The van der Waals surface area contributed by atoms with Crippen LogP contribution in [0.25, 0.3) is 22.5 Å². The number of anilines is 1. The molecule has 22 heavy (non-hydrogen) atoms. The lowest BCUT2D eigenvalue weighted by Crippen LogP contribution is -2.18. The van der Waals surface area contributed by atoms with E-state index in [9.17, 15) is 9.18 Å². The molecule has 2 heterocycles. The van der Waals surface area contributed by atoms with Crippen LogP contribution in [0.4, 0.5) is 10.3 Å². The lowest BCUT2D eigenvalue weighted by molar-refractivity contribution is 0.628. The molecule has 0 atom stereocenters. The SMILES string of the molecule is Cn1nc(-c2cnc(N)nc2-c2cccc(F)c2)ccc1=O. The minimum atomic E-state index is -0.381. The van der Waals surface area contributed by atoms with Crippen LogP contribution in [0.2, 0.25) is 0 Å². The molecule has 0 bridgehead atoms. The van der Waals surface area contributed by atoms with E-state index in [2.05, 4.69) is 15.1 Å². The molecule has 0 unspecified atom stereocenters. The summed E-state index contributed by atoms with van der Waals surface area (Å²) in [6.45, 7) is 0. The number of hydrogen-bond donors (Lipinski definition) is 1. The van der Waals surface area contributed by atoms with Gasteiger partial charge in [-0.25, -0.2) is 19.0 Å². The molecule has 7 heteroatoms. The summed E-state index contributed by atoms with van der Waals surface area (Å²) in [7, 11) is 1.55. The summed E-state index contributed by atoms with van der Waals surface area (Å²) in [4.78, 5) is 19.6. The van der Waals surface area contributed by atoms with E-state index in [0.29, 0.717) is 22.5 Å². The van der Waals surface area contributed by atoms with Crippen molar-refractivity contribution >= 4 is 5.95 Å². The Balaban J connectivity index is 2.24. The van der Waals surface area contributed by atoms with Crippen molar-refractivity contribution in [2.24, 2.45) is 7.05 Å². The van der Waals surface area contributed by atoms with Crippen molar-refractivity contribution in [1.82, 2.24) is 19.7 Å². The highest BCUT2D eigenvalue weighted by Gasteiger charge is 2.13. The van der Waals surface area contributed by atoms with Gasteiger partial charge >= 0.3 is 0 Å². The lowest BCUT2D eigenvalue weighted by Gasteiger charge is -2.09. The van der Waals surface area contributed by atoms with E-state index in [4.69, 9.17) is 5.73 Å². The second kappa shape index (κ2) is 5.36. The predicted molar refractivity (Wildman–Crippen MR) is 80.3 cm³/mol. The van der Waals surface area contributed by atoms with Crippen LogP contribution >= 0.6 is 0 Å². The molecule has 0 aliphatic carbocycles. The van der Waals surface area contributed by atoms with Crippen molar-refractivity contribution in [2.75, 3.05) is 5.73 Å². The number of nitrogens with two attached hydrogens (primary N) is 1. The monoisotopic (exact) mass is 297 g/mol. The topological polar surface area (TPSA) is 86.7 Å². The molecule has 0 saturated carbocycles. The van der Waals surface area contributed by atoms with Crippen molar-refractivity contribution in [2.45, 2.75) is 0 Å². The van der Waals surface area contributed by atoms with E-state index in [1.165, 1.54) is 29.1 Å². The van der Waals surface area contributed by atoms with Gasteiger partial charge in [-0.2, -0.15) is 5.10 Å². The van der Waals surface area contributed by atoms with Gasteiger partial charge in [-0.15, -0.1) is 0 Å². The Hall–Kier alpha value is -3.09. The molecular weight excluding hydrogens is 285 g/mol. The van der Waals surface area contributed by atoms with Crippen LogP contribution in [0.3, 0.4) is 0 Å². The third-order valence-electron chi connectivity index (χ3n) is 3.14. The molecule has 6 nitrogen and oxygen atoms in total. The maximum absolute atomic E-state index is 13.5. The molecule has 0 amide bonds. The Bertz CT molecular complexity index is 906. The van der Waals surface area contributed by atoms with Crippen molar-refractivity contribution in [3.8, 4) is 22.5 Å². The maximum Gasteiger partial charge on any atom is 0.266 e. The minimum Gasteiger partial charge on any atom is -0.368 e. The summed E-state index contributed by atoms with van der Waals surface area (Å²) in [5.74, 6) is -0.304. The Morgan fingerprint density at radius 2 is 2.05 bits per heavy atom. The summed E-state index contributed by atoms with van der Waals surface area (Å²) in [6.07, 6.45) is 1.51. The third-order valence-corrected chi connectivity index (χ3v) is 3.14. The highest BCUT2D eigenvalue weighted by atomic mass is 19.1. The van der Waals surface area contributed by atoms with Gasteiger partial charge in [0.25, 0.3) is 5.56 Å². The quantitative estimate of drug-likeness (QED) is 0.776. The number of halogens is 1. The first kappa shape index (κ1) is 13.9. The summed E-state index contributed by atoms with van der Waals surface area (Å²) in [5.41, 5.74) is 7.49. The van der Waals surface area contributed by atoms with Gasteiger partial charge in [0.2, 0.25) is 5.95 Å². The van der Waals surface area contributed by atoms with E-state index in [0.717, 1.165) is 0 Å². The largest absolute Gasteiger partial charge is 0.368 e. The van der Waals surface area contributed by atoms with Gasteiger partial charge in [0.1, 0.15) is 5.82 Å². The van der Waals surface area contributed by atoms with Crippen molar-refractivity contribution in [1.29, 1.82) is 0 Å². The highest BCUT2D eigenvalue weighted by Crippen LogP contribution is 2.29. The minimum absolute atomic E-state index is 0.0767. The van der Waals surface area contributed by atoms with E-state index >= 15 is 0 Å². The van der Waals surface area contributed by atoms with Gasteiger partial charge in [0, 0.05) is 30.4 Å². The number of aryl methyl sites for hydroxylation is 1. The van der Waals surface area contributed by atoms with Crippen molar-refractivity contribution in [3.05, 3.63) is 58.8 Å². The number of nitrogen functional groups attached to an aromatic ring is 1. The van der Waals surface area contributed by atoms with Crippen LogP contribution in [0.5, 0.6) is 0 Å². The normalized spacial score (nSPS) is 10.6. The summed E-state index contributed by atoms with van der Waals surface area (Å²) >= 11 is 0. The average molecular weight is 297 g/mol. The van der Waals surface area contributed by atoms with Crippen LogP contribution in [-0.4, -0.2) is 19.7 Å². The molecule has 2 N–H and O–H groups in total. The van der Waals surface area contributed by atoms with Gasteiger partial charge in [-0.1, -0.05) is 12.1 Å². The average Bonchev–Trinajstić information content (AvgIpc) is 2.50. The van der Waals surface area contributed by atoms with Gasteiger partial charge < -0.3 is 5.73 Å². The molecule has 1 aromatic carbocycles. The fourth-order valence-corrected chi connectivity index (χ4v) is 2.08. The maximum atomic E-state index is 13.5. The summed E-state index contributed by atoms with van der Waals surface area (Å²) < 4.78 is 14.7. The second-order valence-corrected chi connectivity index (χ2v) is 4.68. The Kier molecular flexibility index (Phi) is 3.38. The number of nitrogens with zero attached hydrogens (tertiary/aromatic N) is 4. The van der Waals surface area contributed by atoms with E-state index in [1.807, 2.05) is 0 Å². The molecule has 0 aliphatic rings. The molecule has 0 saturated heterocycles. The molecule has 0 fully saturated rings. The standard InChI is InChI=1S/C15H12FN5O/c1-21-13(22)6-5-12(20-21)11-8-18-15(17)19-14(11)9-3-2-4-10(16)7-9/h2-8H,1H3,(H2,17,18,19). The lowest BCUT2D eigenvalue weighted by atomic mass is 10.0. The summed E-state index contributed by atoms with van der Waals surface area (Å²) in [5, 5.41) is 4.17. The highest BCUT2D eigenvalue weighted by molar-refractivity contribution is 5.78. The van der Waals surface area contributed by atoms with Crippen LogP contribution in [-0.2, 0) is 7.05 Å². The first-order valence-electron chi connectivity index (χ1n) is 6.48. The van der Waals surface area contributed by atoms with Gasteiger partial charge in [-0.3, -0.25) is 4.79 Å². The number of hydrogen-bond acceptors (Lipinski definition) is 5. The fourth-order valence-electron chi connectivity index (χ4n) is 2.08. The first-order chi connectivity index (χ1) is 10.5. The van der Waals surface area contributed by atoms with E-state index in [1.54, 1.807) is 25.2 Å². The summed E-state index contributed by atoms with van der Waals surface area (Å²) in [6, 6.07) is 8.97. The van der Waals surface area contributed by atoms with Crippen LogP contribution in [0, 0.1) is 5.82 Å². The number of rotatable bonds is 2. The zero-order chi connectivity index (χ0) is 15.7. The van der Waals surface area contributed by atoms with E-state index in [-0.39, 0.29) is 17.3 Å². The van der Waals surface area contributed by atoms with Crippen molar-refractivity contribution < 1.29 is 4.39 Å². The van der Waals surface area contributed by atoms with Gasteiger partial charge in [-0.05, 0) is 18.2 Å². The first-order valence-corrected chi connectivity index (χ1v) is 6.48. The Morgan fingerprint density at radius 3 is 2.77 bits per heavy atom. The number of benzene rings is 1. The second-order valence-electron chi connectivity index (χ2n) is 4.68. The number of aromatic nitrogens is 4. The predicted octanol–water partition coefficient (Wildman–Crippen LogP) is 1.63. The fraction of sp³-hybridized carbons (Fsp3) is 0.0667. The van der Waals surface area contributed by atoms with Crippen molar-refractivity contribution in [3.63, 3.8) is 0 Å². The Labute approximate surface area is 125 Å². The van der Waals surface area contributed by atoms with E-state index < -0.39 is 0 Å². The molecular formula is C15H12FN5O. The molecule has 3 aromatic rings. The van der Waals surface area contributed by atoms with Crippen LogP contribution in [0.15, 0.2) is 47.4 Å². The zero-order valence-electron chi connectivity index (χ0n) is 11.7. The third kappa shape index (κ3) is 2.56. The molecule has 3 rings (SSSR count). The molecule has 0 radical (unpaired) electrons. The van der Waals surface area contributed by atoms with Gasteiger partial charge in [0.05, 0.1) is 11.4 Å². The molecule has 0 spiro atoms.